The Bertz CT molecular complexity index is 1460. The highest BCUT2D eigenvalue weighted by Gasteiger charge is 2.43. The quantitative estimate of drug-likeness (QED) is 0.155. The number of aliphatic hydroxyl groups is 1. The number of ether oxygens (including phenoxy) is 3. The molecule has 2 aliphatic rings. The van der Waals surface area contributed by atoms with E-state index in [-0.39, 0.29) is 17.3 Å². The summed E-state index contributed by atoms with van der Waals surface area (Å²) in [7, 11) is 4.31. The molecule has 1 heterocycles. The fraction of sp³-hybridized carbons (Fsp3) is 0.316. The van der Waals surface area contributed by atoms with Crippen molar-refractivity contribution in [2.24, 2.45) is 11.3 Å². The maximum absolute atomic E-state index is 10.8. The van der Waals surface area contributed by atoms with Crippen LogP contribution >= 0.6 is 0 Å². The monoisotopic (exact) mass is 595 g/mol. The Balaban J connectivity index is 0.00000106. The van der Waals surface area contributed by atoms with E-state index in [1.54, 1.807) is 20.3 Å². The summed E-state index contributed by atoms with van der Waals surface area (Å²) in [6, 6.07) is 15.4. The topological polar surface area (TPSA) is 94.2 Å². The van der Waals surface area contributed by atoms with Crippen LogP contribution < -0.4 is 19.9 Å². The van der Waals surface area contributed by atoms with Gasteiger partial charge in [0.1, 0.15) is 17.6 Å². The average Bonchev–Trinajstić information content (AvgIpc) is 3.05. The van der Waals surface area contributed by atoms with Crippen molar-refractivity contribution in [3.05, 3.63) is 76.3 Å². The standard InChI is InChI=1S/C33H37NO4.2C2H2.CH4O/c1-33(2)15-5-6-29-27(33)20-24-16-22(19-31(37-4)32(24)38-29)7-8-23-17-28(35)26(30(18-23)36-3)14-11-21-9-12-25(34)13-10-21;3*1-2/h7-14,16-19,27,29,35H,5-6,15,20,34H2,1-4H3;2*1-2H;2H,1H3/b8-7+,14-11+;;;/t27-,29?;;;/m0.../s1. The molecule has 0 spiro atoms. The van der Waals surface area contributed by atoms with E-state index in [0.717, 1.165) is 48.1 Å². The summed E-state index contributed by atoms with van der Waals surface area (Å²) in [5.74, 6) is 2.91. The summed E-state index contributed by atoms with van der Waals surface area (Å²) < 4.78 is 17.9. The van der Waals surface area contributed by atoms with Gasteiger partial charge in [-0.3, -0.25) is 0 Å². The summed E-state index contributed by atoms with van der Waals surface area (Å²) in [6.45, 7) is 4.74. The Labute approximate surface area is 263 Å². The molecule has 4 N–H and O–H groups in total. The second-order valence-corrected chi connectivity index (χ2v) is 11.0. The highest BCUT2D eigenvalue weighted by molar-refractivity contribution is 5.80. The number of fused-ring (bicyclic) bond motifs is 2. The molecule has 1 aliphatic heterocycles. The molecule has 44 heavy (non-hydrogen) atoms. The third kappa shape index (κ3) is 8.40. The second kappa shape index (κ2) is 16.8. The molecule has 0 radical (unpaired) electrons. The van der Waals surface area contributed by atoms with Gasteiger partial charge < -0.3 is 30.2 Å². The van der Waals surface area contributed by atoms with Gasteiger partial charge in [0.05, 0.1) is 19.8 Å². The number of phenolic OH excluding ortho intramolecular Hbond substituents is 1. The predicted octanol–water partition coefficient (Wildman–Crippen LogP) is 7.57. The van der Waals surface area contributed by atoms with Crippen molar-refractivity contribution in [2.45, 2.75) is 45.6 Å². The van der Waals surface area contributed by atoms with Crippen LogP contribution in [0.25, 0.3) is 24.3 Å². The lowest BCUT2D eigenvalue weighted by Crippen LogP contribution is -2.45. The number of phenols is 1. The van der Waals surface area contributed by atoms with Gasteiger partial charge in [-0.25, -0.2) is 0 Å². The predicted molar refractivity (Wildman–Crippen MR) is 184 cm³/mol. The number of benzene rings is 3. The first-order valence-corrected chi connectivity index (χ1v) is 14.4. The van der Waals surface area contributed by atoms with Gasteiger partial charge in [-0.15, -0.1) is 25.7 Å². The number of aromatic hydroxyl groups is 1. The van der Waals surface area contributed by atoms with Gasteiger partial charge in [-0.05, 0) is 95.8 Å². The van der Waals surface area contributed by atoms with Crippen molar-refractivity contribution in [3.63, 3.8) is 0 Å². The first-order chi connectivity index (χ1) is 21.3. The van der Waals surface area contributed by atoms with E-state index in [1.807, 2.05) is 60.7 Å². The Morgan fingerprint density at radius 2 is 1.41 bits per heavy atom. The average molecular weight is 596 g/mol. The van der Waals surface area contributed by atoms with Gasteiger partial charge >= 0.3 is 0 Å². The van der Waals surface area contributed by atoms with Crippen LogP contribution in [0.2, 0.25) is 0 Å². The van der Waals surface area contributed by atoms with Crippen molar-refractivity contribution in [1.82, 2.24) is 0 Å². The Kier molecular flexibility index (Phi) is 13.5. The molecular formula is C38H45NO5. The molecule has 0 aromatic heterocycles. The lowest BCUT2D eigenvalue weighted by atomic mass is 9.64. The lowest BCUT2D eigenvalue weighted by Gasteiger charge is -2.47. The van der Waals surface area contributed by atoms with E-state index in [2.05, 4.69) is 45.6 Å². The molecule has 1 saturated carbocycles. The zero-order chi connectivity index (χ0) is 32.9. The third-order valence-corrected chi connectivity index (χ3v) is 8.06. The van der Waals surface area contributed by atoms with Crippen molar-refractivity contribution in [2.75, 3.05) is 27.1 Å². The lowest BCUT2D eigenvalue weighted by molar-refractivity contribution is -0.00708. The maximum atomic E-state index is 10.8. The largest absolute Gasteiger partial charge is 0.507 e. The Morgan fingerprint density at radius 1 is 0.841 bits per heavy atom. The fourth-order valence-corrected chi connectivity index (χ4v) is 5.85. The number of hydrogen-bond acceptors (Lipinski definition) is 6. The van der Waals surface area contributed by atoms with Gasteiger partial charge in [-0.1, -0.05) is 44.2 Å². The molecular weight excluding hydrogens is 550 g/mol. The molecule has 5 rings (SSSR count). The Hall–Kier alpha value is -4.78. The summed E-state index contributed by atoms with van der Waals surface area (Å²) in [5.41, 5.74) is 11.4. The number of methoxy groups -OCH3 is 2. The Morgan fingerprint density at radius 3 is 2.02 bits per heavy atom. The molecule has 232 valence electrons. The maximum Gasteiger partial charge on any atom is 0.164 e. The van der Waals surface area contributed by atoms with E-state index < -0.39 is 0 Å². The molecule has 6 heteroatoms. The van der Waals surface area contributed by atoms with Crippen LogP contribution in [0.1, 0.15) is 60.9 Å². The first kappa shape index (κ1) is 35.4. The molecule has 3 aromatic rings. The summed E-state index contributed by atoms with van der Waals surface area (Å²) in [5, 5.41) is 17.8. The van der Waals surface area contributed by atoms with Crippen LogP contribution in [-0.4, -0.2) is 37.6 Å². The van der Waals surface area contributed by atoms with Gasteiger partial charge in [0.15, 0.2) is 11.5 Å². The SMILES string of the molecule is C#C.C#C.CO.COc1cc(/C=C/c2cc3c(c(OC)c2)OC2CCCC(C)(C)[C@H]2C3)cc(O)c1/C=C/c1ccc(N)cc1. The highest BCUT2D eigenvalue weighted by Crippen LogP contribution is 2.50. The molecule has 1 fully saturated rings. The molecule has 0 amide bonds. The summed E-state index contributed by atoms with van der Waals surface area (Å²) in [4.78, 5) is 0. The van der Waals surface area contributed by atoms with Crippen molar-refractivity contribution >= 4 is 30.0 Å². The van der Waals surface area contributed by atoms with Crippen LogP contribution in [-0.2, 0) is 6.42 Å². The number of rotatable bonds is 6. The smallest absolute Gasteiger partial charge is 0.164 e. The van der Waals surface area contributed by atoms with Gasteiger partial charge in [0.25, 0.3) is 0 Å². The minimum atomic E-state index is 0.151. The van der Waals surface area contributed by atoms with Crippen molar-refractivity contribution in [3.8, 4) is 48.7 Å². The molecule has 3 aromatic carbocycles. The molecule has 2 atom stereocenters. The molecule has 1 unspecified atom stereocenters. The first-order valence-electron chi connectivity index (χ1n) is 14.4. The third-order valence-electron chi connectivity index (χ3n) is 8.06. The zero-order valence-corrected chi connectivity index (χ0v) is 26.4. The normalized spacial score (nSPS) is 17.6. The van der Waals surface area contributed by atoms with Gasteiger partial charge in [0, 0.05) is 18.7 Å². The summed E-state index contributed by atoms with van der Waals surface area (Å²) >= 11 is 0. The van der Waals surface area contributed by atoms with Crippen LogP contribution in [0, 0.1) is 37.0 Å². The van der Waals surface area contributed by atoms with Crippen molar-refractivity contribution < 1.29 is 24.4 Å². The van der Waals surface area contributed by atoms with Crippen LogP contribution in [0.5, 0.6) is 23.0 Å². The van der Waals surface area contributed by atoms with Crippen LogP contribution in [0.15, 0.2) is 48.5 Å². The molecule has 1 aliphatic carbocycles. The molecule has 6 nitrogen and oxygen atoms in total. The van der Waals surface area contributed by atoms with Crippen molar-refractivity contribution in [1.29, 1.82) is 0 Å². The summed E-state index contributed by atoms with van der Waals surface area (Å²) in [6.07, 6.45) is 28.6. The second-order valence-electron chi connectivity index (χ2n) is 11.0. The van der Waals surface area contributed by atoms with Gasteiger partial charge in [-0.2, -0.15) is 0 Å². The number of nitrogens with two attached hydrogens (primary N) is 1. The number of terminal acetylenes is 2. The number of hydrogen-bond donors (Lipinski definition) is 3. The van der Waals surface area contributed by atoms with Gasteiger partial charge in [0.2, 0.25) is 0 Å². The van der Waals surface area contributed by atoms with E-state index in [4.69, 9.17) is 25.1 Å². The number of aliphatic hydroxyl groups excluding tert-OH is 1. The molecule has 0 bridgehead atoms. The van der Waals surface area contributed by atoms with Crippen LogP contribution in [0.3, 0.4) is 0 Å². The number of anilines is 1. The van der Waals surface area contributed by atoms with E-state index in [1.165, 1.54) is 18.4 Å². The van der Waals surface area contributed by atoms with Crippen LogP contribution in [0.4, 0.5) is 5.69 Å². The van der Waals surface area contributed by atoms with E-state index >= 15 is 0 Å². The van der Waals surface area contributed by atoms with E-state index in [0.29, 0.717) is 22.9 Å². The minimum Gasteiger partial charge on any atom is -0.507 e. The zero-order valence-electron chi connectivity index (χ0n) is 26.4. The number of nitrogen functional groups attached to an aromatic ring is 1. The minimum absolute atomic E-state index is 0.151. The fourth-order valence-electron chi connectivity index (χ4n) is 5.85. The highest BCUT2D eigenvalue weighted by atomic mass is 16.5. The van der Waals surface area contributed by atoms with E-state index in [9.17, 15) is 5.11 Å². The molecule has 0 saturated heterocycles.